The lowest BCUT2D eigenvalue weighted by atomic mass is 10.2. The van der Waals surface area contributed by atoms with Crippen LogP contribution in [0.2, 0.25) is 0 Å². The zero-order valence-electron chi connectivity index (χ0n) is 14.4. The Labute approximate surface area is 153 Å². The first kappa shape index (κ1) is 18.2. The summed E-state index contributed by atoms with van der Waals surface area (Å²) in [5, 5.41) is 13.1. The van der Waals surface area contributed by atoms with E-state index in [2.05, 4.69) is 20.9 Å². The summed E-state index contributed by atoms with van der Waals surface area (Å²) in [6, 6.07) is 10.6. The summed E-state index contributed by atoms with van der Waals surface area (Å²) >= 11 is 0. The van der Waals surface area contributed by atoms with Crippen LogP contribution in [0.1, 0.15) is 13.3 Å². The number of hydrogen-bond acceptors (Lipinski definition) is 5. The second-order valence-corrected chi connectivity index (χ2v) is 5.81. The monoisotopic (exact) mass is 369 g/mol. The molecule has 0 saturated heterocycles. The van der Waals surface area contributed by atoms with Crippen molar-refractivity contribution in [2.75, 3.05) is 10.6 Å². The maximum Gasteiger partial charge on any atom is 0.277 e. The molecule has 0 radical (unpaired) electrons. The van der Waals surface area contributed by atoms with Gasteiger partial charge in [0.15, 0.2) is 0 Å². The number of carbonyl (C=O) groups excluding carboxylic acids is 2. The van der Waals surface area contributed by atoms with Crippen LogP contribution in [0, 0.1) is 5.82 Å². The number of anilines is 2. The van der Waals surface area contributed by atoms with Gasteiger partial charge in [-0.3, -0.25) is 14.4 Å². The highest BCUT2D eigenvalue weighted by Crippen LogP contribution is 2.19. The van der Waals surface area contributed by atoms with Crippen molar-refractivity contribution in [2.24, 2.45) is 0 Å². The number of nitrogens with zero attached hydrogens (tertiary/aromatic N) is 3. The van der Waals surface area contributed by atoms with Gasteiger partial charge < -0.3 is 10.6 Å². The maximum absolute atomic E-state index is 13.6. The fourth-order valence-electron chi connectivity index (χ4n) is 2.49. The van der Waals surface area contributed by atoms with Crippen LogP contribution in [0.15, 0.2) is 47.3 Å². The Balaban J connectivity index is 1.68. The third-order valence-electron chi connectivity index (χ3n) is 3.74. The van der Waals surface area contributed by atoms with Crippen molar-refractivity contribution < 1.29 is 14.0 Å². The van der Waals surface area contributed by atoms with Gasteiger partial charge >= 0.3 is 0 Å². The molecule has 2 amide bonds. The van der Waals surface area contributed by atoms with Crippen LogP contribution in [0.3, 0.4) is 0 Å². The van der Waals surface area contributed by atoms with Gasteiger partial charge in [0.05, 0.1) is 17.6 Å². The number of halogens is 1. The molecule has 2 aromatic carbocycles. The summed E-state index contributed by atoms with van der Waals surface area (Å²) in [7, 11) is 0. The number of hydrogen-bond donors (Lipinski definition) is 2. The second kappa shape index (κ2) is 7.73. The molecule has 0 aliphatic rings. The van der Waals surface area contributed by atoms with Gasteiger partial charge in [-0.05, 0) is 30.3 Å². The van der Waals surface area contributed by atoms with Crippen LogP contribution in [0.4, 0.5) is 15.8 Å². The largest absolute Gasteiger partial charge is 0.326 e. The van der Waals surface area contributed by atoms with E-state index in [1.165, 1.54) is 19.1 Å². The van der Waals surface area contributed by atoms with Crippen molar-refractivity contribution >= 4 is 34.1 Å². The van der Waals surface area contributed by atoms with E-state index in [0.29, 0.717) is 16.6 Å². The van der Waals surface area contributed by atoms with Gasteiger partial charge in [0.2, 0.25) is 11.8 Å². The SMILES string of the molecule is CC(=O)Nc1cc(NC(=O)CCn2nnc3ccccc3c2=O)ccc1F. The summed E-state index contributed by atoms with van der Waals surface area (Å²) in [4.78, 5) is 35.5. The predicted octanol–water partition coefficient (Wildman–Crippen LogP) is 1.92. The van der Waals surface area contributed by atoms with Crippen LogP contribution in [-0.2, 0) is 16.1 Å². The number of rotatable bonds is 5. The Morgan fingerprint density at radius 2 is 1.93 bits per heavy atom. The number of fused-ring (bicyclic) bond motifs is 1. The zero-order valence-corrected chi connectivity index (χ0v) is 14.4. The standard InChI is InChI=1S/C18H16FN5O3/c1-11(25)20-16-10-12(6-7-14(16)19)21-17(26)8-9-24-18(27)13-4-2-3-5-15(13)22-23-24/h2-7,10H,8-9H2,1H3,(H,20,25)(H,21,26). The van der Waals surface area contributed by atoms with E-state index in [1.807, 2.05) is 0 Å². The third-order valence-corrected chi connectivity index (χ3v) is 3.74. The molecule has 3 rings (SSSR count). The summed E-state index contributed by atoms with van der Waals surface area (Å²) in [6.07, 6.45) is -0.0280. The van der Waals surface area contributed by atoms with Crippen molar-refractivity contribution in [2.45, 2.75) is 19.9 Å². The number of amides is 2. The molecule has 9 heteroatoms. The van der Waals surface area contributed by atoms with Crippen LogP contribution in [-0.4, -0.2) is 26.8 Å². The first-order chi connectivity index (χ1) is 12.9. The van der Waals surface area contributed by atoms with Crippen LogP contribution >= 0.6 is 0 Å². The molecule has 0 bridgehead atoms. The third kappa shape index (κ3) is 4.32. The second-order valence-electron chi connectivity index (χ2n) is 5.81. The quantitative estimate of drug-likeness (QED) is 0.715. The van der Waals surface area contributed by atoms with Gasteiger partial charge in [-0.15, -0.1) is 5.10 Å². The maximum atomic E-state index is 13.6. The lowest BCUT2D eigenvalue weighted by Gasteiger charge is -2.09. The minimum atomic E-state index is -0.610. The van der Waals surface area contributed by atoms with E-state index in [-0.39, 0.29) is 24.2 Å². The van der Waals surface area contributed by atoms with Crippen molar-refractivity contribution in [3.05, 3.63) is 58.6 Å². The first-order valence-corrected chi connectivity index (χ1v) is 8.13. The topological polar surface area (TPSA) is 106 Å². The molecule has 1 aromatic heterocycles. The molecule has 0 aliphatic carbocycles. The number of nitrogens with one attached hydrogen (secondary N) is 2. The van der Waals surface area contributed by atoms with Gasteiger partial charge in [-0.2, -0.15) is 0 Å². The molecule has 138 valence electrons. The molecule has 0 fully saturated rings. The Morgan fingerprint density at radius 3 is 2.70 bits per heavy atom. The van der Waals surface area contributed by atoms with E-state index >= 15 is 0 Å². The summed E-state index contributed by atoms with van der Waals surface area (Å²) in [5.41, 5.74) is 0.446. The van der Waals surface area contributed by atoms with Gasteiger partial charge in [-0.25, -0.2) is 9.07 Å². The zero-order chi connectivity index (χ0) is 19.4. The average molecular weight is 369 g/mol. The lowest BCUT2D eigenvalue weighted by molar-refractivity contribution is -0.116. The van der Waals surface area contributed by atoms with E-state index < -0.39 is 17.6 Å². The average Bonchev–Trinajstić information content (AvgIpc) is 2.64. The molecule has 0 spiro atoms. The number of benzene rings is 2. The molecule has 3 aromatic rings. The fourth-order valence-corrected chi connectivity index (χ4v) is 2.49. The Kier molecular flexibility index (Phi) is 5.20. The molecule has 2 N–H and O–H groups in total. The highest BCUT2D eigenvalue weighted by Gasteiger charge is 2.10. The Bertz CT molecular complexity index is 1080. The van der Waals surface area contributed by atoms with Crippen molar-refractivity contribution in [3.63, 3.8) is 0 Å². The van der Waals surface area contributed by atoms with Crippen LogP contribution in [0.5, 0.6) is 0 Å². The molecular weight excluding hydrogens is 353 g/mol. The molecule has 0 aliphatic heterocycles. The molecule has 8 nitrogen and oxygen atoms in total. The fraction of sp³-hybridized carbons (Fsp3) is 0.167. The van der Waals surface area contributed by atoms with Crippen LogP contribution < -0.4 is 16.2 Å². The minimum absolute atomic E-state index is 0.0280. The normalized spacial score (nSPS) is 10.6. The van der Waals surface area contributed by atoms with Gasteiger partial charge in [0.1, 0.15) is 11.3 Å². The molecule has 1 heterocycles. The highest BCUT2D eigenvalue weighted by atomic mass is 19.1. The summed E-state index contributed by atoms with van der Waals surface area (Å²) < 4.78 is 14.7. The van der Waals surface area contributed by atoms with E-state index in [1.54, 1.807) is 24.3 Å². The molecule has 27 heavy (non-hydrogen) atoms. The number of aryl methyl sites for hydroxylation is 1. The van der Waals surface area contributed by atoms with Gasteiger partial charge in [0, 0.05) is 19.0 Å². The Hall–Kier alpha value is -3.62. The van der Waals surface area contributed by atoms with Crippen molar-refractivity contribution in [3.8, 4) is 0 Å². The number of carbonyl (C=O) groups is 2. The van der Waals surface area contributed by atoms with E-state index in [4.69, 9.17) is 0 Å². The summed E-state index contributed by atoms with van der Waals surface area (Å²) in [6.45, 7) is 1.30. The lowest BCUT2D eigenvalue weighted by Crippen LogP contribution is -2.26. The van der Waals surface area contributed by atoms with Gasteiger partial charge in [0.25, 0.3) is 5.56 Å². The van der Waals surface area contributed by atoms with E-state index in [0.717, 1.165) is 10.7 Å². The highest BCUT2D eigenvalue weighted by molar-refractivity contribution is 5.93. The molecular formula is C18H16FN5O3. The van der Waals surface area contributed by atoms with Crippen molar-refractivity contribution in [1.29, 1.82) is 0 Å². The van der Waals surface area contributed by atoms with Crippen molar-refractivity contribution in [1.82, 2.24) is 15.0 Å². The first-order valence-electron chi connectivity index (χ1n) is 8.13. The molecule has 0 atom stereocenters. The molecule has 0 unspecified atom stereocenters. The van der Waals surface area contributed by atoms with Crippen LogP contribution in [0.25, 0.3) is 10.9 Å². The minimum Gasteiger partial charge on any atom is -0.326 e. The number of aromatic nitrogens is 3. The predicted molar refractivity (Wildman–Crippen MR) is 97.7 cm³/mol. The van der Waals surface area contributed by atoms with E-state index in [9.17, 15) is 18.8 Å². The summed E-state index contributed by atoms with van der Waals surface area (Å²) in [5.74, 6) is -1.43. The van der Waals surface area contributed by atoms with Gasteiger partial charge in [-0.1, -0.05) is 17.3 Å². The smallest absolute Gasteiger partial charge is 0.277 e. The molecule has 0 saturated carbocycles. The Morgan fingerprint density at radius 1 is 1.15 bits per heavy atom.